The molecule has 6 atom stereocenters. The fourth-order valence-corrected chi connectivity index (χ4v) is 10.3. The van der Waals surface area contributed by atoms with Crippen molar-refractivity contribution in [2.45, 2.75) is 146 Å². The normalized spacial score (nSPS) is 22.0. The summed E-state index contributed by atoms with van der Waals surface area (Å²) in [6.45, 7) is 25.8. The molecule has 0 amide bonds. The number of rotatable bonds is 20. The van der Waals surface area contributed by atoms with Crippen LogP contribution < -0.4 is 31.4 Å². The molecule has 3 aromatic heterocycles. The number of hydrogen-bond acceptors (Lipinski definition) is 6. The number of fused-ring (bicyclic) bond motifs is 7. The van der Waals surface area contributed by atoms with Gasteiger partial charge in [0.1, 0.15) is 12.5 Å². The molecule has 352 valence electrons. The second kappa shape index (κ2) is 23.1. The van der Waals surface area contributed by atoms with Gasteiger partial charge in [0, 0.05) is 11.6 Å². The summed E-state index contributed by atoms with van der Waals surface area (Å²) in [7, 11) is 1.27. The Morgan fingerprint density at radius 2 is 1.50 bits per heavy atom. The zero-order chi connectivity index (χ0) is 47.3. The van der Waals surface area contributed by atoms with Crippen LogP contribution in [0.1, 0.15) is 174 Å². The molecule has 66 heavy (non-hydrogen) atoms. The Balaban J connectivity index is 0.00000817. The van der Waals surface area contributed by atoms with Gasteiger partial charge in [0.25, 0.3) is 0 Å². The third-order valence-corrected chi connectivity index (χ3v) is 14.3. The van der Waals surface area contributed by atoms with E-state index < -0.39 is 35.6 Å². The molecule has 1 aliphatic carbocycles. The number of hydrogen-bond donors (Lipinski definition) is 1. The van der Waals surface area contributed by atoms with E-state index in [0.29, 0.717) is 51.1 Å². The van der Waals surface area contributed by atoms with E-state index in [9.17, 15) is 14.4 Å². The first kappa shape index (κ1) is 52.6. The average Bonchev–Trinajstić information content (AvgIpc) is 4.00. The van der Waals surface area contributed by atoms with Gasteiger partial charge < -0.3 is 35.5 Å². The van der Waals surface area contributed by atoms with Crippen molar-refractivity contribution >= 4 is 70.7 Å². The van der Waals surface area contributed by atoms with Crippen LogP contribution in [0.3, 0.4) is 0 Å². The van der Waals surface area contributed by atoms with Crippen LogP contribution in [0.5, 0.6) is 0 Å². The summed E-state index contributed by atoms with van der Waals surface area (Å²) in [4.78, 5) is 56.8. The van der Waals surface area contributed by atoms with Crippen molar-refractivity contribution < 1.29 is 23.9 Å². The maximum Gasteiger partial charge on any atom is 2.00 e. The summed E-state index contributed by atoms with van der Waals surface area (Å²) in [6.07, 6.45) is 21.5. The maximum absolute atomic E-state index is 14.4. The van der Waals surface area contributed by atoms with Crippen LogP contribution in [-0.4, -0.2) is 60.5 Å². The van der Waals surface area contributed by atoms with E-state index in [1.807, 2.05) is 51.2 Å². The molecule has 11 heteroatoms. The third-order valence-electron chi connectivity index (χ3n) is 14.3. The summed E-state index contributed by atoms with van der Waals surface area (Å²) in [6, 6.07) is -0.770. The Bertz CT molecular complexity index is 2490. The average molecular weight is 909 g/mol. The van der Waals surface area contributed by atoms with Gasteiger partial charge in [0.2, 0.25) is 0 Å². The number of nitrogens with two attached hydrogens (primary N) is 1. The summed E-state index contributed by atoms with van der Waals surface area (Å²) in [5, 5.41) is 6.77. The smallest absolute Gasteiger partial charge is 0.664 e. The van der Waals surface area contributed by atoms with Crippen LogP contribution in [-0.2, 0) is 25.5 Å². The van der Waals surface area contributed by atoms with Gasteiger partial charge in [-0.05, 0) is 88.2 Å². The van der Waals surface area contributed by atoms with E-state index >= 15 is 0 Å². The molecule has 0 aromatic carbocycles. The quantitative estimate of drug-likeness (QED) is 0.0506. The fraction of sp³-hybridized carbons (Fsp3) is 0.545. The zero-order valence-electron chi connectivity index (χ0n) is 41.7. The Kier molecular flexibility index (Phi) is 18.4. The number of allylic oxidation sites excluding steroid dienone is 2. The standard InChI is InChI=1S/C55H74N5O5.Mg/c1-13-38-34(8)41-27-43-36(10)48(40(56)26-47(61)65-25-24-33(7)23-17-22-32(6)21-16-20-31(5)19-15-18-30(3)4)52(59-43)50-51(55(63)64-12)54(62)49-37(11)44(60-53(49)50)29-46-39(14-2)35(9)42(58-46)28-45(38)57-41;/h13,24,27-32,36,40,48,51H,1,14-23,25-26,56H2,2-12H3,(H-,59,60,62);/q-3;+2/p-1/b33-24+,42-28-,43-27-,46-29-;/t31-,32-,36-,40+,48-,51-;/m1./s1. The molecule has 6 rings (SSSR count). The molecule has 2 N–H and O–H groups in total. The second-order valence-corrected chi connectivity index (χ2v) is 19.7. The van der Waals surface area contributed by atoms with Crippen molar-refractivity contribution in [3.8, 4) is 0 Å². The topological polar surface area (TPSA) is 152 Å². The molecule has 1 fully saturated rings. The first-order valence-electron chi connectivity index (χ1n) is 24.2. The van der Waals surface area contributed by atoms with Gasteiger partial charge in [0.05, 0.1) is 13.5 Å². The number of nitrogens with zero attached hydrogens (tertiary/aromatic N) is 4. The summed E-state index contributed by atoms with van der Waals surface area (Å²) in [5.74, 6) is -1.43. The van der Waals surface area contributed by atoms with E-state index in [2.05, 4.69) is 55.0 Å². The predicted octanol–water partition coefficient (Wildman–Crippen LogP) is 9.30. The van der Waals surface area contributed by atoms with Gasteiger partial charge in [-0.1, -0.05) is 151 Å². The summed E-state index contributed by atoms with van der Waals surface area (Å²) < 4.78 is 11.0. The van der Waals surface area contributed by atoms with Gasteiger partial charge in [-0.2, -0.15) is 11.4 Å². The molecule has 8 bridgehead atoms. The molecule has 0 unspecified atom stereocenters. The molecule has 10 nitrogen and oxygen atoms in total. The molecule has 1 saturated heterocycles. The van der Waals surface area contributed by atoms with Crippen molar-refractivity contribution in [2.75, 3.05) is 13.7 Å². The first-order valence-corrected chi connectivity index (χ1v) is 24.2. The first-order chi connectivity index (χ1) is 31.0. The largest absolute Gasteiger partial charge is 2.00 e. The number of carbonyl (C=O) groups is 3. The van der Waals surface area contributed by atoms with Gasteiger partial charge in [0.15, 0.2) is 5.78 Å². The van der Waals surface area contributed by atoms with Gasteiger partial charge in [-0.3, -0.25) is 14.4 Å². The minimum Gasteiger partial charge on any atom is -0.664 e. The van der Waals surface area contributed by atoms with Gasteiger partial charge in [-0.25, -0.2) is 0 Å². The number of aromatic nitrogens is 3. The number of esters is 2. The summed E-state index contributed by atoms with van der Waals surface area (Å²) in [5.41, 5.74) is 17.1. The summed E-state index contributed by atoms with van der Waals surface area (Å²) >= 11 is 0. The minimum atomic E-state index is -1.29. The molecule has 2 aliphatic heterocycles. The van der Waals surface area contributed by atoms with Crippen LogP contribution in [0.25, 0.3) is 35.2 Å². The number of ether oxygens (including phenoxy) is 2. The minimum absolute atomic E-state index is 0. The van der Waals surface area contributed by atoms with Crippen molar-refractivity contribution in [2.24, 2.45) is 41.2 Å². The Labute approximate surface area is 410 Å². The third kappa shape index (κ3) is 11.5. The Morgan fingerprint density at radius 1 is 0.864 bits per heavy atom. The molecule has 0 radical (unpaired) electrons. The van der Waals surface area contributed by atoms with Crippen LogP contribution in [0.4, 0.5) is 0 Å². The maximum atomic E-state index is 14.4. The van der Waals surface area contributed by atoms with Crippen LogP contribution in [0, 0.1) is 56.3 Å². The number of methoxy groups -OCH3 is 1. The Hall–Kier alpha value is -4.32. The van der Waals surface area contributed by atoms with Gasteiger partial charge >= 0.3 is 35.0 Å². The SMILES string of the molecule is C=Cc1c2[n-]c(c1C)/C=C1\[N-]/C(=C3\c4[n-]c(c(C)c4C(=O)[C@@H]3C(=O)OC)/C=c3\[n-]/c(c(C)c3CC)=C\2)[C@@H]([C@@H](N)CC(=O)OC/C=C(\C)CCC[C@H](C)CCC[C@H](C)CCCC(C)C)[C@@H]1C.[Mg+2]. The van der Waals surface area contributed by atoms with Crippen LogP contribution >= 0.6 is 0 Å². The predicted molar refractivity (Wildman–Crippen MR) is 268 cm³/mol. The molecular weight excluding hydrogens is 835 g/mol. The van der Waals surface area contributed by atoms with Crippen molar-refractivity contribution in [1.29, 1.82) is 0 Å². The van der Waals surface area contributed by atoms with Crippen molar-refractivity contribution in [3.05, 3.63) is 102 Å². The van der Waals surface area contributed by atoms with Crippen LogP contribution in [0.2, 0.25) is 0 Å². The van der Waals surface area contributed by atoms with E-state index in [1.54, 1.807) is 0 Å². The molecule has 0 spiro atoms. The second-order valence-electron chi connectivity index (χ2n) is 19.7. The number of ketones is 1. The Morgan fingerprint density at radius 3 is 2.14 bits per heavy atom. The fourth-order valence-electron chi connectivity index (χ4n) is 10.3. The molecule has 3 aromatic rings. The van der Waals surface area contributed by atoms with Gasteiger partial charge in [-0.15, -0.1) is 33.5 Å². The van der Waals surface area contributed by atoms with E-state index in [1.165, 1.54) is 57.6 Å². The van der Waals surface area contributed by atoms with E-state index in [4.69, 9.17) is 35.5 Å². The number of Topliss-reactive ketones (excluding diaryl/α,β-unsaturated/α-hetero) is 1. The van der Waals surface area contributed by atoms with Crippen molar-refractivity contribution in [3.63, 3.8) is 0 Å². The zero-order valence-corrected chi connectivity index (χ0v) is 43.1. The number of carbonyl (C=O) groups excluding carboxylic acids is 3. The molecule has 0 saturated carbocycles. The van der Waals surface area contributed by atoms with Crippen molar-refractivity contribution in [1.82, 2.24) is 15.0 Å². The molecular formula is C55H73MgN5O5-2. The molecule has 3 aliphatic rings. The van der Waals surface area contributed by atoms with E-state index in [0.717, 1.165) is 69.7 Å². The molecule has 5 heterocycles. The monoisotopic (exact) mass is 908 g/mol. The van der Waals surface area contributed by atoms with Crippen LogP contribution in [0.15, 0.2) is 29.6 Å². The van der Waals surface area contributed by atoms with E-state index in [-0.39, 0.29) is 42.0 Å².